The van der Waals surface area contributed by atoms with Crippen LogP contribution in [-0.2, 0) is 6.54 Å². The average Bonchev–Trinajstić information content (AvgIpc) is 2.52. The third-order valence-electron chi connectivity index (χ3n) is 3.55. The summed E-state index contributed by atoms with van der Waals surface area (Å²) in [7, 11) is 0. The van der Waals surface area contributed by atoms with Crippen LogP contribution in [0.15, 0.2) is 42.5 Å². The van der Waals surface area contributed by atoms with E-state index >= 15 is 0 Å². The van der Waals surface area contributed by atoms with E-state index < -0.39 is 11.6 Å². The van der Waals surface area contributed by atoms with Crippen LogP contribution in [0.5, 0.6) is 0 Å². The van der Waals surface area contributed by atoms with Gasteiger partial charge in [0, 0.05) is 18.7 Å². The Morgan fingerprint density at radius 3 is 2.39 bits per heavy atom. The van der Waals surface area contributed by atoms with E-state index in [4.69, 9.17) is 5.11 Å². The number of halogens is 2. The first-order valence-corrected chi connectivity index (χ1v) is 7.36. The number of carbonyl (C=O) groups is 1. The van der Waals surface area contributed by atoms with Crippen LogP contribution in [0.1, 0.15) is 21.5 Å². The molecule has 2 rings (SSSR count). The summed E-state index contributed by atoms with van der Waals surface area (Å²) in [5.41, 5.74) is 2.20. The van der Waals surface area contributed by atoms with Crippen LogP contribution in [-0.4, -0.2) is 35.5 Å². The van der Waals surface area contributed by atoms with Crippen molar-refractivity contribution in [2.45, 2.75) is 13.5 Å². The molecule has 1 N–H and O–H groups in total. The molecule has 0 heterocycles. The van der Waals surface area contributed by atoms with E-state index in [-0.39, 0.29) is 32.0 Å². The highest BCUT2D eigenvalue weighted by Gasteiger charge is 2.14. The van der Waals surface area contributed by atoms with Gasteiger partial charge in [0.25, 0.3) is 0 Å². The Kier molecular flexibility index (Phi) is 5.96. The smallest absolute Gasteiger partial charge is 0.176 e. The van der Waals surface area contributed by atoms with E-state index in [0.717, 1.165) is 17.7 Å². The molecule has 3 nitrogen and oxygen atoms in total. The molecule has 0 unspecified atom stereocenters. The van der Waals surface area contributed by atoms with Crippen LogP contribution in [0.25, 0.3) is 0 Å². The van der Waals surface area contributed by atoms with Crippen LogP contribution in [0, 0.1) is 18.6 Å². The maximum atomic E-state index is 13.3. The summed E-state index contributed by atoms with van der Waals surface area (Å²) in [5.74, 6) is -1.91. The first-order valence-electron chi connectivity index (χ1n) is 7.36. The Bertz CT molecular complexity index is 671. The molecule has 2 aromatic carbocycles. The van der Waals surface area contributed by atoms with Crippen molar-refractivity contribution >= 4 is 5.78 Å². The number of carbonyl (C=O) groups excluding carboxylic acids is 1. The Labute approximate surface area is 134 Å². The van der Waals surface area contributed by atoms with E-state index in [1.54, 1.807) is 17.0 Å². The van der Waals surface area contributed by atoms with E-state index in [0.29, 0.717) is 11.1 Å². The number of benzene rings is 2. The molecule has 0 fully saturated rings. The summed E-state index contributed by atoms with van der Waals surface area (Å²) in [6.07, 6.45) is 0. The maximum absolute atomic E-state index is 13.3. The third kappa shape index (κ3) is 4.94. The summed E-state index contributed by atoms with van der Waals surface area (Å²) in [6, 6.07) is 10.9. The minimum atomic E-state index is -0.920. The number of hydrogen-bond acceptors (Lipinski definition) is 3. The Hall–Kier alpha value is -2.11. The van der Waals surface area contributed by atoms with Crippen molar-refractivity contribution in [3.05, 3.63) is 70.8 Å². The molecular formula is C18H19F2NO2. The molecule has 0 aromatic heterocycles. The van der Waals surface area contributed by atoms with Gasteiger partial charge < -0.3 is 5.11 Å². The van der Waals surface area contributed by atoms with Crippen molar-refractivity contribution in [1.82, 2.24) is 4.90 Å². The third-order valence-corrected chi connectivity index (χ3v) is 3.55. The fraction of sp³-hybridized carbons (Fsp3) is 0.278. The van der Waals surface area contributed by atoms with Gasteiger partial charge in [-0.1, -0.05) is 35.9 Å². The molecular weight excluding hydrogens is 300 g/mol. The number of ketones is 1. The minimum absolute atomic E-state index is 0.0824. The normalized spacial score (nSPS) is 11.0. The summed E-state index contributed by atoms with van der Waals surface area (Å²) in [6.45, 7) is 2.45. The van der Waals surface area contributed by atoms with Crippen LogP contribution in [0.3, 0.4) is 0 Å². The fourth-order valence-corrected chi connectivity index (χ4v) is 2.29. The van der Waals surface area contributed by atoms with Gasteiger partial charge in [0.05, 0.1) is 13.2 Å². The number of aliphatic hydroxyl groups is 1. The Morgan fingerprint density at radius 1 is 1.09 bits per heavy atom. The van der Waals surface area contributed by atoms with Gasteiger partial charge in [-0.15, -0.1) is 0 Å². The molecule has 0 amide bonds. The molecule has 122 valence electrons. The zero-order valence-corrected chi connectivity index (χ0v) is 12.9. The monoisotopic (exact) mass is 319 g/mol. The van der Waals surface area contributed by atoms with Gasteiger partial charge >= 0.3 is 0 Å². The second kappa shape index (κ2) is 7.94. The van der Waals surface area contributed by atoms with Crippen molar-refractivity contribution in [2.24, 2.45) is 0 Å². The molecule has 0 atom stereocenters. The number of aryl methyl sites for hydroxylation is 1. The van der Waals surface area contributed by atoms with Gasteiger partial charge in [-0.05, 0) is 24.6 Å². The molecule has 2 aromatic rings. The minimum Gasteiger partial charge on any atom is -0.395 e. The zero-order valence-electron chi connectivity index (χ0n) is 12.9. The van der Waals surface area contributed by atoms with E-state index in [2.05, 4.69) is 0 Å². The lowest BCUT2D eigenvalue weighted by Gasteiger charge is -2.20. The van der Waals surface area contributed by atoms with Crippen LogP contribution >= 0.6 is 0 Å². The second-order valence-electron chi connectivity index (χ2n) is 5.47. The predicted molar refractivity (Wildman–Crippen MR) is 84.2 cm³/mol. The number of hydrogen-bond donors (Lipinski definition) is 1. The number of aliphatic hydroxyl groups excluding tert-OH is 1. The SMILES string of the molecule is Cc1ccc(C(=O)CN(CCO)Cc2ccc(F)c(F)c2)cc1. The topological polar surface area (TPSA) is 40.5 Å². The van der Waals surface area contributed by atoms with Gasteiger partial charge in [-0.2, -0.15) is 0 Å². The highest BCUT2D eigenvalue weighted by atomic mass is 19.2. The van der Waals surface area contributed by atoms with Crippen LogP contribution in [0.2, 0.25) is 0 Å². The molecule has 23 heavy (non-hydrogen) atoms. The van der Waals surface area contributed by atoms with E-state index in [1.165, 1.54) is 6.07 Å². The molecule has 0 aliphatic carbocycles. The molecule has 0 radical (unpaired) electrons. The average molecular weight is 319 g/mol. The van der Waals surface area contributed by atoms with Crippen molar-refractivity contribution < 1.29 is 18.7 Å². The molecule has 0 saturated heterocycles. The first kappa shape index (κ1) is 17.2. The fourth-order valence-electron chi connectivity index (χ4n) is 2.29. The van der Waals surface area contributed by atoms with Gasteiger partial charge in [-0.3, -0.25) is 9.69 Å². The molecule has 0 bridgehead atoms. The van der Waals surface area contributed by atoms with Crippen LogP contribution < -0.4 is 0 Å². The Morgan fingerprint density at radius 2 is 1.78 bits per heavy atom. The van der Waals surface area contributed by atoms with Gasteiger partial charge in [0.2, 0.25) is 0 Å². The van der Waals surface area contributed by atoms with Crippen molar-refractivity contribution in [3.8, 4) is 0 Å². The zero-order chi connectivity index (χ0) is 16.8. The molecule has 5 heteroatoms. The largest absolute Gasteiger partial charge is 0.395 e. The Balaban J connectivity index is 2.07. The number of rotatable bonds is 7. The van der Waals surface area contributed by atoms with Gasteiger partial charge in [0.15, 0.2) is 17.4 Å². The summed E-state index contributed by atoms with van der Waals surface area (Å²) in [5, 5.41) is 9.15. The molecule has 0 aliphatic rings. The number of nitrogens with zero attached hydrogens (tertiary/aromatic N) is 1. The lowest BCUT2D eigenvalue weighted by molar-refractivity contribution is 0.0908. The summed E-state index contributed by atoms with van der Waals surface area (Å²) in [4.78, 5) is 14.0. The van der Waals surface area contributed by atoms with E-state index in [1.807, 2.05) is 19.1 Å². The highest BCUT2D eigenvalue weighted by Crippen LogP contribution is 2.12. The maximum Gasteiger partial charge on any atom is 0.176 e. The lowest BCUT2D eigenvalue weighted by Crippen LogP contribution is -2.32. The summed E-state index contributed by atoms with van der Waals surface area (Å²) < 4.78 is 26.2. The van der Waals surface area contributed by atoms with Crippen molar-refractivity contribution in [1.29, 1.82) is 0 Å². The molecule has 0 aliphatic heterocycles. The van der Waals surface area contributed by atoms with Crippen molar-refractivity contribution in [2.75, 3.05) is 19.7 Å². The first-order chi connectivity index (χ1) is 11.0. The number of Topliss-reactive ketones (excluding diaryl/α,β-unsaturated/α-hetero) is 1. The van der Waals surface area contributed by atoms with Crippen molar-refractivity contribution in [3.63, 3.8) is 0 Å². The van der Waals surface area contributed by atoms with E-state index in [9.17, 15) is 13.6 Å². The second-order valence-corrected chi connectivity index (χ2v) is 5.47. The summed E-state index contributed by atoms with van der Waals surface area (Å²) >= 11 is 0. The quantitative estimate of drug-likeness (QED) is 0.798. The van der Waals surface area contributed by atoms with Crippen LogP contribution in [0.4, 0.5) is 8.78 Å². The highest BCUT2D eigenvalue weighted by molar-refractivity contribution is 5.97. The van der Waals surface area contributed by atoms with Gasteiger partial charge in [0.1, 0.15) is 0 Å². The van der Waals surface area contributed by atoms with Gasteiger partial charge in [-0.25, -0.2) is 8.78 Å². The standard InChI is InChI=1S/C18H19F2NO2/c1-13-2-5-15(6-3-13)18(23)12-21(8-9-22)11-14-4-7-16(19)17(20)10-14/h2-7,10,22H,8-9,11-12H2,1H3. The lowest BCUT2D eigenvalue weighted by atomic mass is 10.1. The molecule has 0 spiro atoms. The predicted octanol–water partition coefficient (Wildman–Crippen LogP) is 2.95. The molecule has 0 saturated carbocycles.